The summed E-state index contributed by atoms with van der Waals surface area (Å²) in [4.78, 5) is 23.3. The van der Waals surface area contributed by atoms with E-state index in [9.17, 15) is 31.1 Å². The maximum Gasteiger partial charge on any atom is 0.416 e. The number of amides is 1. The monoisotopic (exact) mass is 654 g/mol. The van der Waals surface area contributed by atoms with Crippen molar-refractivity contribution in [3.8, 4) is 0 Å². The summed E-state index contributed by atoms with van der Waals surface area (Å²) >= 11 is 0. The molecule has 1 aromatic heterocycles. The molecule has 0 saturated carbocycles. The first-order valence-corrected chi connectivity index (χ1v) is 16.0. The van der Waals surface area contributed by atoms with Crippen molar-refractivity contribution < 1.29 is 31.1 Å². The fraction of sp³-hybridized carbons (Fsp3) is 0.389. The van der Waals surface area contributed by atoms with E-state index in [0.29, 0.717) is 52.8 Å². The van der Waals surface area contributed by atoms with Crippen molar-refractivity contribution in [3.05, 3.63) is 106 Å². The van der Waals surface area contributed by atoms with Crippen LogP contribution in [0, 0.1) is 0 Å². The van der Waals surface area contributed by atoms with E-state index in [-0.39, 0.29) is 18.5 Å². The molecule has 3 aromatic carbocycles. The third-order valence-electron chi connectivity index (χ3n) is 9.12. The average Bonchev–Trinajstić information content (AvgIpc) is 3.74. The lowest BCUT2D eigenvalue weighted by molar-refractivity contribution is -0.138. The number of nitrogens with zero attached hydrogens (tertiary/aromatic N) is 3. The number of aromatic nitrogens is 1. The third kappa shape index (κ3) is 7.89. The molecule has 6 rings (SSSR count). The molecule has 1 atom stereocenters. The van der Waals surface area contributed by atoms with Crippen LogP contribution in [0.2, 0.25) is 0 Å². The van der Waals surface area contributed by atoms with Crippen LogP contribution in [0.1, 0.15) is 63.9 Å². The minimum atomic E-state index is -4.42. The summed E-state index contributed by atoms with van der Waals surface area (Å²) in [6.07, 6.45) is -3.82. The highest BCUT2D eigenvalue weighted by molar-refractivity contribution is 6.07. The standard InChI is InChI=1S/C36H36F6N4O/c37-35(38,39)27-13-10-26(11-14-27)22-43-33-21-31(34(47)46-18-4-7-29(46)23-45-16-1-2-17-45)30-20-25(12-15-32(30)44-33)9-8-24-5-3-6-28(19-24)36(40,41)42/h3,5-6,10-15,19-21,29H,1-2,4,7-9,16-18,22-23H2,(H,43,44)/t29-/m0/s1. The van der Waals surface area contributed by atoms with E-state index >= 15 is 0 Å². The number of hydrogen-bond donors (Lipinski definition) is 1. The summed E-state index contributed by atoms with van der Waals surface area (Å²) in [5.74, 6) is 0.319. The first-order chi connectivity index (χ1) is 22.4. The Hall–Kier alpha value is -4.12. The second kappa shape index (κ2) is 13.5. The van der Waals surface area contributed by atoms with Crippen molar-refractivity contribution in [2.45, 2.75) is 63.5 Å². The van der Waals surface area contributed by atoms with Crippen molar-refractivity contribution in [1.82, 2.24) is 14.8 Å². The van der Waals surface area contributed by atoms with Crippen LogP contribution in [0.15, 0.2) is 72.8 Å². The van der Waals surface area contributed by atoms with E-state index in [4.69, 9.17) is 4.98 Å². The number of anilines is 1. The largest absolute Gasteiger partial charge is 0.416 e. The summed E-state index contributed by atoms with van der Waals surface area (Å²) in [6, 6.07) is 17.6. The molecule has 5 nitrogen and oxygen atoms in total. The van der Waals surface area contributed by atoms with Crippen molar-refractivity contribution in [2.75, 3.05) is 31.5 Å². The highest BCUT2D eigenvalue weighted by atomic mass is 19.4. The molecular weight excluding hydrogens is 618 g/mol. The highest BCUT2D eigenvalue weighted by Crippen LogP contribution is 2.32. The summed E-state index contributed by atoms with van der Waals surface area (Å²) in [5, 5.41) is 3.84. The van der Waals surface area contributed by atoms with Crippen LogP contribution < -0.4 is 5.32 Å². The molecule has 4 aromatic rings. The topological polar surface area (TPSA) is 48.5 Å². The van der Waals surface area contributed by atoms with Gasteiger partial charge >= 0.3 is 12.4 Å². The average molecular weight is 655 g/mol. The number of fused-ring (bicyclic) bond motifs is 1. The normalized spacial score (nSPS) is 17.5. The Balaban J connectivity index is 1.27. The molecule has 0 radical (unpaired) electrons. The molecule has 0 spiro atoms. The number of halogens is 6. The third-order valence-corrected chi connectivity index (χ3v) is 9.12. The molecule has 0 bridgehead atoms. The van der Waals surface area contributed by atoms with Gasteiger partial charge in [-0.3, -0.25) is 4.79 Å². The van der Waals surface area contributed by atoms with E-state index < -0.39 is 23.5 Å². The number of alkyl halides is 6. The van der Waals surface area contributed by atoms with Crippen LogP contribution in [-0.2, 0) is 31.7 Å². The van der Waals surface area contributed by atoms with Gasteiger partial charge in [0.15, 0.2) is 0 Å². The number of pyridine rings is 1. The van der Waals surface area contributed by atoms with E-state index in [1.54, 1.807) is 12.1 Å². The zero-order valence-corrected chi connectivity index (χ0v) is 25.8. The van der Waals surface area contributed by atoms with E-state index in [0.717, 1.165) is 69.1 Å². The molecule has 0 unspecified atom stereocenters. The lowest BCUT2D eigenvalue weighted by Crippen LogP contribution is -2.42. The fourth-order valence-corrected chi connectivity index (χ4v) is 6.60. The van der Waals surface area contributed by atoms with Gasteiger partial charge < -0.3 is 15.1 Å². The second-order valence-corrected chi connectivity index (χ2v) is 12.5. The zero-order chi connectivity index (χ0) is 33.2. The van der Waals surface area contributed by atoms with Crippen LogP contribution in [0.25, 0.3) is 10.9 Å². The van der Waals surface area contributed by atoms with Gasteiger partial charge in [-0.15, -0.1) is 0 Å². The Bertz CT molecular complexity index is 1710. The van der Waals surface area contributed by atoms with Gasteiger partial charge in [0.05, 0.1) is 22.2 Å². The predicted octanol–water partition coefficient (Wildman–Crippen LogP) is 8.37. The first kappa shape index (κ1) is 32.8. The van der Waals surface area contributed by atoms with Gasteiger partial charge in [-0.25, -0.2) is 4.98 Å². The number of benzene rings is 3. The van der Waals surface area contributed by atoms with E-state index in [2.05, 4.69) is 10.2 Å². The molecule has 2 aliphatic heterocycles. The van der Waals surface area contributed by atoms with Crippen molar-refractivity contribution in [2.24, 2.45) is 0 Å². The molecule has 248 valence electrons. The smallest absolute Gasteiger partial charge is 0.366 e. The summed E-state index contributed by atoms with van der Waals surface area (Å²) in [5.41, 5.74) is 1.70. The van der Waals surface area contributed by atoms with Crippen LogP contribution >= 0.6 is 0 Å². The van der Waals surface area contributed by atoms with Gasteiger partial charge in [0.1, 0.15) is 5.82 Å². The maximum atomic E-state index is 14.3. The van der Waals surface area contributed by atoms with Crippen molar-refractivity contribution in [1.29, 1.82) is 0 Å². The summed E-state index contributed by atoms with van der Waals surface area (Å²) < 4.78 is 78.8. The number of nitrogens with one attached hydrogen (secondary N) is 1. The fourth-order valence-electron chi connectivity index (χ4n) is 6.60. The molecule has 2 aliphatic rings. The molecule has 11 heteroatoms. The maximum absolute atomic E-state index is 14.3. The van der Waals surface area contributed by atoms with Gasteiger partial charge in [-0.1, -0.05) is 36.4 Å². The minimum Gasteiger partial charge on any atom is -0.366 e. The van der Waals surface area contributed by atoms with E-state index in [1.165, 1.54) is 24.3 Å². The number of carbonyl (C=O) groups excluding carboxylic acids is 1. The van der Waals surface area contributed by atoms with Crippen LogP contribution in [0.4, 0.5) is 32.2 Å². The van der Waals surface area contributed by atoms with E-state index in [1.807, 2.05) is 23.1 Å². The van der Waals surface area contributed by atoms with Crippen LogP contribution in [0.3, 0.4) is 0 Å². The van der Waals surface area contributed by atoms with Gasteiger partial charge in [-0.2, -0.15) is 26.3 Å². The SMILES string of the molecule is O=C(c1cc(NCc2ccc(C(F)(F)F)cc2)nc2ccc(CCc3cccc(C(F)(F)F)c3)cc12)N1CCC[C@H]1CN1CCCC1. The van der Waals surface area contributed by atoms with Crippen molar-refractivity contribution in [3.63, 3.8) is 0 Å². The molecule has 2 fully saturated rings. The molecule has 2 saturated heterocycles. The molecule has 1 N–H and O–H groups in total. The molecule has 3 heterocycles. The summed E-state index contributed by atoms with van der Waals surface area (Å²) in [7, 11) is 0. The summed E-state index contributed by atoms with van der Waals surface area (Å²) in [6.45, 7) is 3.75. The Kier molecular flexibility index (Phi) is 9.46. The highest BCUT2D eigenvalue weighted by Gasteiger charge is 2.33. The number of aryl methyl sites for hydroxylation is 2. The Morgan fingerprint density at radius 3 is 2.15 bits per heavy atom. The molecule has 1 amide bonds. The van der Waals surface area contributed by atoms with Gasteiger partial charge in [-0.05, 0) is 105 Å². The quantitative estimate of drug-likeness (QED) is 0.184. The number of rotatable bonds is 9. The van der Waals surface area contributed by atoms with Crippen LogP contribution in [0.5, 0.6) is 0 Å². The Morgan fingerprint density at radius 1 is 0.766 bits per heavy atom. The molecule has 47 heavy (non-hydrogen) atoms. The van der Waals surface area contributed by atoms with Crippen molar-refractivity contribution >= 4 is 22.6 Å². The number of hydrogen-bond acceptors (Lipinski definition) is 4. The molecular formula is C36H36F6N4O. The number of likely N-dealkylation sites (tertiary alicyclic amines) is 2. The molecule has 0 aliphatic carbocycles. The number of carbonyl (C=O) groups is 1. The van der Waals surface area contributed by atoms with Crippen LogP contribution in [-0.4, -0.2) is 52.9 Å². The first-order valence-electron chi connectivity index (χ1n) is 16.0. The van der Waals surface area contributed by atoms with Gasteiger partial charge in [0.25, 0.3) is 5.91 Å². The predicted molar refractivity (Wildman–Crippen MR) is 169 cm³/mol. The minimum absolute atomic E-state index is 0.0939. The Morgan fingerprint density at radius 2 is 1.45 bits per heavy atom. The second-order valence-electron chi connectivity index (χ2n) is 12.5. The lowest BCUT2D eigenvalue weighted by Gasteiger charge is -2.29. The lowest BCUT2D eigenvalue weighted by atomic mass is 9.99. The van der Waals surface area contributed by atoms with Gasteiger partial charge in [0.2, 0.25) is 0 Å². The zero-order valence-electron chi connectivity index (χ0n) is 25.8. The van der Waals surface area contributed by atoms with Gasteiger partial charge in [0, 0.05) is 31.1 Å². The Labute approximate surface area is 269 Å².